The van der Waals surface area contributed by atoms with E-state index in [2.05, 4.69) is 43.1 Å². The molecule has 1 aromatic heterocycles. The van der Waals surface area contributed by atoms with Gasteiger partial charge in [-0.05, 0) is 47.7 Å². The predicted octanol–water partition coefficient (Wildman–Crippen LogP) is 4.20. The molecule has 0 radical (unpaired) electrons. The Morgan fingerprint density at radius 1 is 1.33 bits per heavy atom. The largest absolute Gasteiger partial charge is 0.486 e. The number of hydrogen-bond donors (Lipinski definition) is 0. The van der Waals surface area contributed by atoms with Crippen molar-refractivity contribution in [2.75, 3.05) is 0 Å². The second-order valence-corrected chi connectivity index (χ2v) is 6.05. The predicted molar refractivity (Wildman–Crippen MR) is 74.5 cm³/mol. The van der Waals surface area contributed by atoms with Gasteiger partial charge < -0.3 is 4.74 Å². The highest BCUT2D eigenvalue weighted by atomic mass is 35.5. The first-order valence-electron chi connectivity index (χ1n) is 5.77. The Morgan fingerprint density at radius 2 is 2.11 bits per heavy atom. The van der Waals surface area contributed by atoms with Gasteiger partial charge in [0.2, 0.25) is 4.47 Å². The lowest BCUT2D eigenvalue weighted by Crippen LogP contribution is -1.97. The van der Waals surface area contributed by atoms with E-state index in [-0.39, 0.29) is 0 Å². The summed E-state index contributed by atoms with van der Waals surface area (Å²) < 4.78 is 6.11. The Kier molecular flexibility index (Phi) is 4.19. The number of hydrogen-bond acceptors (Lipinski definition) is 4. The van der Waals surface area contributed by atoms with Crippen molar-refractivity contribution in [1.29, 1.82) is 0 Å². The summed E-state index contributed by atoms with van der Waals surface area (Å²) in [6, 6.07) is 6.16. The van der Waals surface area contributed by atoms with E-state index < -0.39 is 0 Å². The van der Waals surface area contributed by atoms with E-state index in [0.717, 1.165) is 10.8 Å². The Balaban J connectivity index is 2.04. The van der Waals surface area contributed by atoms with Crippen LogP contribution in [0.4, 0.5) is 0 Å². The molecule has 0 fully saturated rings. The molecule has 2 aromatic rings. The summed E-state index contributed by atoms with van der Waals surface area (Å²) in [5.41, 5.74) is 2.60. The third kappa shape index (κ3) is 3.21. The van der Waals surface area contributed by atoms with E-state index in [0.29, 0.717) is 17.0 Å². The van der Waals surface area contributed by atoms with Gasteiger partial charge in [-0.3, -0.25) is 0 Å². The zero-order valence-corrected chi connectivity index (χ0v) is 12.2. The molecule has 18 heavy (non-hydrogen) atoms. The number of nitrogens with zero attached hydrogens (tertiary/aromatic N) is 2. The molecule has 0 unspecified atom stereocenters. The molecule has 3 nitrogen and oxygen atoms in total. The van der Waals surface area contributed by atoms with E-state index in [1.165, 1.54) is 22.5 Å². The number of benzene rings is 1. The first-order valence-corrected chi connectivity index (χ1v) is 6.97. The second-order valence-electron chi connectivity index (χ2n) is 4.41. The zero-order chi connectivity index (χ0) is 13.1. The quantitative estimate of drug-likeness (QED) is 0.843. The van der Waals surface area contributed by atoms with Crippen molar-refractivity contribution in [3.8, 4) is 5.75 Å². The van der Waals surface area contributed by atoms with Crippen LogP contribution in [0.1, 0.15) is 35.9 Å². The third-order valence-electron chi connectivity index (χ3n) is 2.67. The molecule has 0 amide bonds. The maximum absolute atomic E-state index is 5.71. The molecule has 0 atom stereocenters. The van der Waals surface area contributed by atoms with Crippen LogP contribution in [0.25, 0.3) is 0 Å². The third-order valence-corrected chi connectivity index (χ3v) is 3.66. The summed E-state index contributed by atoms with van der Waals surface area (Å²) in [6.07, 6.45) is 0. The van der Waals surface area contributed by atoms with Crippen molar-refractivity contribution in [2.45, 2.75) is 33.3 Å². The van der Waals surface area contributed by atoms with Crippen molar-refractivity contribution in [2.24, 2.45) is 0 Å². The molecule has 0 N–H and O–H groups in total. The number of aromatic nitrogens is 2. The van der Waals surface area contributed by atoms with Crippen molar-refractivity contribution in [3.63, 3.8) is 0 Å². The molecule has 1 aromatic carbocycles. The molecule has 0 aliphatic carbocycles. The lowest BCUT2D eigenvalue weighted by atomic mass is 9.98. The van der Waals surface area contributed by atoms with Gasteiger partial charge in [0, 0.05) is 0 Å². The average Bonchev–Trinajstić information content (AvgIpc) is 2.72. The molecule has 0 aliphatic heterocycles. The van der Waals surface area contributed by atoms with Crippen LogP contribution in [0.5, 0.6) is 5.75 Å². The Morgan fingerprint density at radius 3 is 2.67 bits per heavy atom. The summed E-state index contributed by atoms with van der Waals surface area (Å²) >= 11 is 7.05. The van der Waals surface area contributed by atoms with E-state index in [9.17, 15) is 0 Å². The van der Waals surface area contributed by atoms with Gasteiger partial charge in [-0.15, -0.1) is 10.2 Å². The van der Waals surface area contributed by atoms with Crippen molar-refractivity contribution < 1.29 is 4.74 Å². The van der Waals surface area contributed by atoms with Crippen LogP contribution in [-0.4, -0.2) is 10.2 Å². The Labute approximate surface area is 116 Å². The number of rotatable bonds is 4. The topological polar surface area (TPSA) is 35.0 Å². The maximum atomic E-state index is 5.71. The number of ether oxygens (including phenoxy) is 1. The SMILES string of the molecule is Cc1cc(OCc2nnc(Cl)s2)ccc1C(C)C. The van der Waals surface area contributed by atoms with Gasteiger partial charge in [-0.1, -0.05) is 31.3 Å². The Bertz CT molecular complexity index is 540. The van der Waals surface area contributed by atoms with Crippen molar-refractivity contribution >= 4 is 22.9 Å². The minimum atomic E-state index is 0.408. The van der Waals surface area contributed by atoms with Crippen molar-refractivity contribution in [1.82, 2.24) is 10.2 Å². The molecule has 0 saturated carbocycles. The minimum absolute atomic E-state index is 0.408. The lowest BCUT2D eigenvalue weighted by Gasteiger charge is -2.11. The van der Waals surface area contributed by atoms with Gasteiger partial charge in [0.15, 0.2) is 5.01 Å². The van der Waals surface area contributed by atoms with E-state index in [1.54, 1.807) is 0 Å². The van der Waals surface area contributed by atoms with Gasteiger partial charge in [-0.25, -0.2) is 0 Å². The standard InChI is InChI=1S/C13H15ClN2OS/c1-8(2)11-5-4-10(6-9(11)3)17-7-12-15-16-13(14)18-12/h4-6,8H,7H2,1-3H3. The van der Waals surface area contributed by atoms with Gasteiger partial charge in [0.05, 0.1) is 0 Å². The average molecular weight is 283 g/mol. The fourth-order valence-corrected chi connectivity index (χ4v) is 2.60. The Hall–Kier alpha value is -1.13. The second kappa shape index (κ2) is 5.67. The molecule has 0 aliphatic rings. The van der Waals surface area contributed by atoms with E-state index in [1.807, 2.05) is 6.07 Å². The van der Waals surface area contributed by atoms with E-state index >= 15 is 0 Å². The van der Waals surface area contributed by atoms with Gasteiger partial charge in [-0.2, -0.15) is 0 Å². The lowest BCUT2D eigenvalue weighted by molar-refractivity contribution is 0.304. The first-order chi connectivity index (χ1) is 8.56. The summed E-state index contributed by atoms with van der Waals surface area (Å²) in [4.78, 5) is 0. The summed E-state index contributed by atoms with van der Waals surface area (Å²) in [7, 11) is 0. The number of aryl methyl sites for hydroxylation is 1. The molecular formula is C13H15ClN2OS. The minimum Gasteiger partial charge on any atom is -0.486 e. The molecule has 96 valence electrons. The van der Waals surface area contributed by atoms with Crippen LogP contribution >= 0.6 is 22.9 Å². The highest BCUT2D eigenvalue weighted by molar-refractivity contribution is 7.15. The van der Waals surface area contributed by atoms with Crippen LogP contribution in [-0.2, 0) is 6.61 Å². The highest BCUT2D eigenvalue weighted by Gasteiger charge is 2.06. The summed E-state index contributed by atoms with van der Waals surface area (Å²) in [5, 5.41) is 8.43. The fourth-order valence-electron chi connectivity index (χ4n) is 1.82. The molecular weight excluding hydrogens is 268 g/mol. The smallest absolute Gasteiger partial charge is 0.207 e. The molecule has 5 heteroatoms. The molecule has 0 bridgehead atoms. The number of halogens is 1. The monoisotopic (exact) mass is 282 g/mol. The van der Waals surface area contributed by atoms with Gasteiger partial charge in [0.1, 0.15) is 12.4 Å². The fraction of sp³-hybridized carbons (Fsp3) is 0.385. The highest BCUT2D eigenvalue weighted by Crippen LogP contribution is 2.24. The first kappa shape index (κ1) is 13.3. The molecule has 2 rings (SSSR count). The maximum Gasteiger partial charge on any atom is 0.207 e. The van der Waals surface area contributed by atoms with E-state index in [4.69, 9.17) is 16.3 Å². The summed E-state index contributed by atoms with van der Waals surface area (Å²) in [5.74, 6) is 1.38. The normalized spacial score (nSPS) is 10.9. The molecule has 0 saturated heterocycles. The van der Waals surface area contributed by atoms with Crippen LogP contribution in [0.15, 0.2) is 18.2 Å². The zero-order valence-electron chi connectivity index (χ0n) is 10.6. The molecule has 1 heterocycles. The van der Waals surface area contributed by atoms with Gasteiger partial charge in [0.25, 0.3) is 0 Å². The van der Waals surface area contributed by atoms with Gasteiger partial charge >= 0.3 is 0 Å². The molecule has 0 spiro atoms. The van der Waals surface area contributed by atoms with Crippen LogP contribution < -0.4 is 4.74 Å². The summed E-state index contributed by atoms with van der Waals surface area (Å²) in [6.45, 7) is 6.88. The van der Waals surface area contributed by atoms with Crippen LogP contribution in [0, 0.1) is 6.92 Å². The van der Waals surface area contributed by atoms with Crippen LogP contribution in [0.3, 0.4) is 0 Å². The van der Waals surface area contributed by atoms with Crippen LogP contribution in [0.2, 0.25) is 4.47 Å². The van der Waals surface area contributed by atoms with Crippen molar-refractivity contribution in [3.05, 3.63) is 38.8 Å².